The first-order valence-electron chi connectivity index (χ1n) is 15.1. The third-order valence-electron chi connectivity index (χ3n) is 8.16. The van der Waals surface area contributed by atoms with Crippen molar-refractivity contribution >= 4 is 28.5 Å². The van der Waals surface area contributed by atoms with E-state index in [2.05, 4.69) is 10.3 Å². The molecule has 1 saturated heterocycles. The Morgan fingerprint density at radius 2 is 1.83 bits per heavy atom. The summed E-state index contributed by atoms with van der Waals surface area (Å²) in [7, 11) is 1.41. The van der Waals surface area contributed by atoms with Crippen molar-refractivity contribution in [1.29, 1.82) is 0 Å². The van der Waals surface area contributed by atoms with Crippen LogP contribution in [-0.2, 0) is 20.6 Å². The largest absolute Gasteiger partial charge is 0.508 e. The fourth-order valence-electron chi connectivity index (χ4n) is 5.73. The summed E-state index contributed by atoms with van der Waals surface area (Å²) in [5, 5.41) is 34.9. The maximum absolute atomic E-state index is 13.0. The minimum absolute atomic E-state index is 0.0257. The molecule has 47 heavy (non-hydrogen) atoms. The van der Waals surface area contributed by atoms with Gasteiger partial charge in [-0.2, -0.15) is 0 Å². The number of rotatable bonds is 9. The highest BCUT2D eigenvalue weighted by molar-refractivity contribution is 6.06. The zero-order chi connectivity index (χ0) is 34.2. The number of methoxy groups -OCH3 is 1. The number of aromatic amines is 1. The third-order valence-corrected chi connectivity index (χ3v) is 8.16. The summed E-state index contributed by atoms with van der Waals surface area (Å²) in [6.07, 6.45) is -3.61. The normalized spacial score (nSPS) is 20.6. The first-order chi connectivity index (χ1) is 22.2. The standard InChI is InChI=1S/C34H38N2O11/c1-7-8-18-15-19(10-13-22(18)37)30(40)36-24-25(38)20-11-14-23(17(3)27(20)45-32(24)42)44-33-26(39)28(29(43-6)34(4,5)47-33)46-31(41)21-12-9-16(2)35-21/h9-15,26,28-29,33,35,37-39H,7-8H2,1-6H3,(H,36,40)/t26-,28+,29-,33-/m1/s1. The van der Waals surface area contributed by atoms with Gasteiger partial charge in [-0.15, -0.1) is 0 Å². The molecule has 2 aromatic heterocycles. The molecule has 0 aliphatic carbocycles. The molecule has 1 fully saturated rings. The second-order valence-corrected chi connectivity index (χ2v) is 12.0. The van der Waals surface area contributed by atoms with Gasteiger partial charge in [0.15, 0.2) is 23.6 Å². The number of hydrogen-bond acceptors (Lipinski definition) is 11. The van der Waals surface area contributed by atoms with Crippen LogP contribution in [0.1, 0.15) is 64.9 Å². The maximum Gasteiger partial charge on any atom is 0.364 e. The molecular weight excluding hydrogens is 612 g/mol. The lowest BCUT2D eigenvalue weighted by atomic mass is 9.89. The Labute approximate surface area is 270 Å². The number of nitrogens with one attached hydrogen (secondary N) is 2. The molecule has 5 rings (SSSR count). The number of benzene rings is 2. The number of esters is 1. The Hall–Kier alpha value is -4.85. The van der Waals surface area contributed by atoms with E-state index in [-0.39, 0.29) is 39.3 Å². The van der Waals surface area contributed by atoms with Crippen molar-refractivity contribution in [1.82, 2.24) is 4.98 Å². The Balaban J connectivity index is 1.41. The van der Waals surface area contributed by atoms with Gasteiger partial charge in [-0.05, 0) is 82.1 Å². The number of carbonyl (C=O) groups excluding carboxylic acids is 2. The highest BCUT2D eigenvalue weighted by atomic mass is 16.7. The topological polar surface area (TPSA) is 190 Å². The molecule has 0 bridgehead atoms. The van der Waals surface area contributed by atoms with Crippen LogP contribution in [0, 0.1) is 13.8 Å². The highest BCUT2D eigenvalue weighted by Crippen LogP contribution is 2.39. The SMILES string of the molecule is CCCc1cc(C(=O)Nc2c(O)c3ccc(O[C@@H]4OC(C)(C)[C@H](OC)[C@@H](OC(=O)c5ccc(C)[nH]5)[C@H]4O)c(C)c3oc2=O)ccc1O. The van der Waals surface area contributed by atoms with E-state index in [4.69, 9.17) is 23.4 Å². The van der Waals surface area contributed by atoms with Gasteiger partial charge in [0.05, 0.1) is 11.0 Å². The molecule has 250 valence electrons. The molecule has 5 N–H and O–H groups in total. The summed E-state index contributed by atoms with van der Waals surface area (Å²) in [6.45, 7) is 8.70. The molecule has 3 heterocycles. The number of phenolic OH excluding ortho intramolecular Hbond substituents is 1. The van der Waals surface area contributed by atoms with Crippen molar-refractivity contribution in [3.05, 3.63) is 81.0 Å². The molecule has 2 aromatic carbocycles. The molecular formula is C34H38N2O11. The molecule has 0 saturated carbocycles. The molecule has 1 aliphatic rings. The Kier molecular flexibility index (Phi) is 9.34. The average molecular weight is 651 g/mol. The number of amides is 1. The quantitative estimate of drug-likeness (QED) is 0.127. The number of fused-ring (bicyclic) bond motifs is 1. The number of aliphatic hydroxyl groups excluding tert-OH is 1. The van der Waals surface area contributed by atoms with Crippen LogP contribution >= 0.6 is 0 Å². The van der Waals surface area contributed by atoms with E-state index in [1.807, 2.05) is 6.92 Å². The van der Waals surface area contributed by atoms with E-state index < -0.39 is 59.1 Å². The minimum atomic E-state index is -1.50. The minimum Gasteiger partial charge on any atom is -0.508 e. The van der Waals surface area contributed by atoms with E-state index in [0.717, 1.165) is 12.1 Å². The second-order valence-electron chi connectivity index (χ2n) is 12.0. The first-order valence-corrected chi connectivity index (χ1v) is 15.1. The molecule has 4 atom stereocenters. The number of aryl methyl sites for hydroxylation is 3. The van der Waals surface area contributed by atoms with E-state index in [1.54, 1.807) is 39.8 Å². The lowest BCUT2D eigenvalue weighted by Crippen LogP contribution is -2.65. The van der Waals surface area contributed by atoms with Crippen LogP contribution in [0.3, 0.4) is 0 Å². The summed E-state index contributed by atoms with van der Waals surface area (Å²) in [5.74, 6) is -1.69. The predicted octanol–water partition coefficient (Wildman–Crippen LogP) is 4.47. The fraction of sp³-hybridized carbons (Fsp3) is 0.382. The van der Waals surface area contributed by atoms with Gasteiger partial charge in [0.25, 0.3) is 5.91 Å². The Bertz CT molecular complexity index is 1880. The van der Waals surface area contributed by atoms with Crippen LogP contribution in [0.4, 0.5) is 5.69 Å². The summed E-state index contributed by atoms with van der Waals surface area (Å²) >= 11 is 0. The molecule has 0 radical (unpaired) electrons. The van der Waals surface area contributed by atoms with Crippen molar-refractivity contribution < 1.29 is 48.3 Å². The van der Waals surface area contributed by atoms with E-state index >= 15 is 0 Å². The van der Waals surface area contributed by atoms with E-state index in [0.29, 0.717) is 12.0 Å². The van der Waals surface area contributed by atoms with Crippen molar-refractivity contribution in [2.75, 3.05) is 12.4 Å². The number of ether oxygens (including phenoxy) is 4. The zero-order valence-corrected chi connectivity index (χ0v) is 26.9. The van der Waals surface area contributed by atoms with Crippen molar-refractivity contribution in [3.8, 4) is 17.2 Å². The number of aromatic nitrogens is 1. The molecule has 0 unspecified atom stereocenters. The van der Waals surface area contributed by atoms with Crippen LogP contribution < -0.4 is 15.7 Å². The summed E-state index contributed by atoms with van der Waals surface area (Å²) in [5.41, 5.74) is -0.587. The number of aliphatic hydroxyl groups is 1. The lowest BCUT2D eigenvalue weighted by molar-refractivity contribution is -0.305. The van der Waals surface area contributed by atoms with Crippen molar-refractivity contribution in [3.63, 3.8) is 0 Å². The van der Waals surface area contributed by atoms with Gasteiger partial charge in [0.1, 0.15) is 28.9 Å². The van der Waals surface area contributed by atoms with Crippen LogP contribution in [0.2, 0.25) is 0 Å². The Morgan fingerprint density at radius 3 is 2.49 bits per heavy atom. The van der Waals surface area contributed by atoms with Crippen LogP contribution in [0.5, 0.6) is 17.2 Å². The zero-order valence-electron chi connectivity index (χ0n) is 26.9. The average Bonchev–Trinajstić information content (AvgIpc) is 3.46. The molecule has 1 aliphatic heterocycles. The van der Waals surface area contributed by atoms with Gasteiger partial charge in [-0.1, -0.05) is 13.3 Å². The number of aromatic hydroxyl groups is 2. The van der Waals surface area contributed by atoms with Gasteiger partial charge in [0, 0.05) is 23.9 Å². The third kappa shape index (κ3) is 6.55. The number of H-pyrrole nitrogens is 1. The predicted molar refractivity (Wildman–Crippen MR) is 170 cm³/mol. The van der Waals surface area contributed by atoms with Crippen LogP contribution in [-0.4, -0.2) is 69.5 Å². The highest BCUT2D eigenvalue weighted by Gasteiger charge is 2.53. The van der Waals surface area contributed by atoms with Gasteiger partial charge in [-0.3, -0.25) is 4.79 Å². The lowest BCUT2D eigenvalue weighted by Gasteiger charge is -2.47. The summed E-state index contributed by atoms with van der Waals surface area (Å²) in [4.78, 5) is 41.8. The van der Waals surface area contributed by atoms with E-state index in [1.165, 1.54) is 37.4 Å². The maximum atomic E-state index is 13.0. The molecule has 0 spiro atoms. The number of phenols is 1. The van der Waals surface area contributed by atoms with Gasteiger partial charge in [0.2, 0.25) is 6.29 Å². The number of hydrogen-bond donors (Lipinski definition) is 5. The monoisotopic (exact) mass is 650 g/mol. The molecule has 4 aromatic rings. The van der Waals surface area contributed by atoms with Crippen LogP contribution in [0.15, 0.2) is 51.7 Å². The fourth-order valence-corrected chi connectivity index (χ4v) is 5.73. The van der Waals surface area contributed by atoms with Gasteiger partial charge < -0.3 is 49.0 Å². The second kappa shape index (κ2) is 13.1. The first kappa shape index (κ1) is 33.5. The Morgan fingerprint density at radius 1 is 1.09 bits per heavy atom. The van der Waals surface area contributed by atoms with E-state index in [9.17, 15) is 29.7 Å². The summed E-state index contributed by atoms with van der Waals surface area (Å²) < 4.78 is 28.9. The van der Waals surface area contributed by atoms with Gasteiger partial charge in [-0.25, -0.2) is 9.59 Å². The summed E-state index contributed by atoms with van der Waals surface area (Å²) in [6, 6.07) is 10.5. The number of anilines is 1. The van der Waals surface area contributed by atoms with Crippen molar-refractivity contribution in [2.45, 2.75) is 77.7 Å². The van der Waals surface area contributed by atoms with Crippen molar-refractivity contribution in [2.24, 2.45) is 0 Å². The molecule has 13 heteroatoms. The van der Waals surface area contributed by atoms with Gasteiger partial charge >= 0.3 is 11.6 Å². The molecule has 1 amide bonds. The smallest absolute Gasteiger partial charge is 0.364 e. The van der Waals surface area contributed by atoms with Crippen LogP contribution in [0.25, 0.3) is 11.0 Å². The number of carbonyl (C=O) groups is 2. The molecule has 13 nitrogen and oxygen atoms in total.